The average Bonchev–Trinajstić information content (AvgIpc) is 2.86. The van der Waals surface area contributed by atoms with E-state index in [4.69, 9.17) is 11.6 Å². The third-order valence-corrected chi connectivity index (χ3v) is 4.06. The first-order chi connectivity index (χ1) is 9.90. The van der Waals surface area contributed by atoms with Gasteiger partial charge in [0, 0.05) is 26.2 Å². The smallest absolute Gasteiger partial charge is 0.253 e. The molecule has 1 fully saturated rings. The number of nitrogens with zero attached hydrogens (tertiary/aromatic N) is 1. The molecule has 114 valence electrons. The number of amides is 2. The molecule has 2 amide bonds. The lowest BCUT2D eigenvalue weighted by Gasteiger charge is -2.16. The van der Waals surface area contributed by atoms with Crippen molar-refractivity contribution in [3.8, 4) is 0 Å². The largest absolute Gasteiger partial charge is 0.345 e. The van der Waals surface area contributed by atoms with Crippen LogP contribution in [-0.4, -0.2) is 43.9 Å². The van der Waals surface area contributed by atoms with E-state index in [1.54, 1.807) is 32.3 Å². The van der Waals surface area contributed by atoms with Crippen molar-refractivity contribution in [3.63, 3.8) is 0 Å². The molecule has 0 spiro atoms. The fraction of sp³-hybridized carbons (Fsp3) is 0.467. The second-order valence-corrected chi connectivity index (χ2v) is 6.03. The molecule has 21 heavy (non-hydrogen) atoms. The lowest BCUT2D eigenvalue weighted by molar-refractivity contribution is -0.120. The van der Waals surface area contributed by atoms with Gasteiger partial charge < -0.3 is 15.5 Å². The van der Waals surface area contributed by atoms with Gasteiger partial charge in [0.15, 0.2) is 0 Å². The number of benzene rings is 1. The van der Waals surface area contributed by atoms with Crippen molar-refractivity contribution in [1.82, 2.24) is 10.2 Å². The molecular formula is C15H20ClN3O2. The summed E-state index contributed by atoms with van der Waals surface area (Å²) in [6, 6.07) is 4.90. The normalized spacial score (nSPS) is 21.1. The number of carbonyl (C=O) groups is 2. The Bertz CT molecular complexity index is 560. The monoisotopic (exact) mass is 309 g/mol. The number of hydrogen-bond donors (Lipinski definition) is 2. The number of nitrogens with one attached hydrogen (secondary N) is 2. The Morgan fingerprint density at radius 3 is 2.62 bits per heavy atom. The van der Waals surface area contributed by atoms with Crippen molar-refractivity contribution in [2.75, 3.05) is 32.5 Å². The molecular weight excluding hydrogens is 290 g/mol. The first kappa shape index (κ1) is 15.8. The zero-order chi connectivity index (χ0) is 15.6. The van der Waals surface area contributed by atoms with Crippen LogP contribution in [0.3, 0.4) is 0 Å². The van der Waals surface area contributed by atoms with Crippen LogP contribution in [0.4, 0.5) is 5.69 Å². The Morgan fingerprint density at radius 1 is 1.33 bits per heavy atom. The van der Waals surface area contributed by atoms with Gasteiger partial charge in [0.25, 0.3) is 5.91 Å². The van der Waals surface area contributed by atoms with Crippen LogP contribution in [0.1, 0.15) is 17.3 Å². The van der Waals surface area contributed by atoms with Crippen LogP contribution in [0.25, 0.3) is 0 Å². The van der Waals surface area contributed by atoms with Crippen LogP contribution in [-0.2, 0) is 4.79 Å². The van der Waals surface area contributed by atoms with E-state index in [1.807, 2.05) is 6.92 Å². The summed E-state index contributed by atoms with van der Waals surface area (Å²) >= 11 is 6.11. The molecule has 0 saturated carbocycles. The lowest BCUT2D eigenvalue weighted by atomic mass is 9.97. The van der Waals surface area contributed by atoms with Crippen LogP contribution in [0, 0.1) is 11.8 Å². The number of carbonyl (C=O) groups excluding carboxylic acids is 2. The maximum absolute atomic E-state index is 12.3. The van der Waals surface area contributed by atoms with Crippen molar-refractivity contribution in [1.29, 1.82) is 0 Å². The Morgan fingerprint density at radius 2 is 2.05 bits per heavy atom. The van der Waals surface area contributed by atoms with Gasteiger partial charge in [-0.25, -0.2) is 0 Å². The van der Waals surface area contributed by atoms with Gasteiger partial charge in [-0.3, -0.25) is 9.59 Å². The highest BCUT2D eigenvalue weighted by molar-refractivity contribution is 6.33. The summed E-state index contributed by atoms with van der Waals surface area (Å²) in [5, 5.41) is 6.46. The number of rotatable bonds is 3. The van der Waals surface area contributed by atoms with Crippen LogP contribution in [0.5, 0.6) is 0 Å². The van der Waals surface area contributed by atoms with Crippen molar-refractivity contribution >= 4 is 29.1 Å². The van der Waals surface area contributed by atoms with Gasteiger partial charge in [0.05, 0.1) is 16.6 Å². The van der Waals surface area contributed by atoms with Crippen molar-refractivity contribution in [2.24, 2.45) is 11.8 Å². The minimum Gasteiger partial charge on any atom is -0.345 e. The van der Waals surface area contributed by atoms with E-state index in [0.29, 0.717) is 22.8 Å². The molecule has 2 atom stereocenters. The SMILES string of the molecule is C[C@@H]1CNC[C@H]1C(=O)Nc1cc(C(=O)N(C)C)ccc1Cl. The van der Waals surface area contributed by atoms with Crippen molar-refractivity contribution < 1.29 is 9.59 Å². The molecule has 1 saturated heterocycles. The van der Waals surface area contributed by atoms with E-state index in [2.05, 4.69) is 10.6 Å². The van der Waals surface area contributed by atoms with Gasteiger partial charge in [0.1, 0.15) is 0 Å². The highest BCUT2D eigenvalue weighted by Gasteiger charge is 2.29. The molecule has 0 bridgehead atoms. The number of hydrogen-bond acceptors (Lipinski definition) is 3. The minimum absolute atomic E-state index is 0.0659. The minimum atomic E-state index is -0.127. The van der Waals surface area contributed by atoms with E-state index in [-0.39, 0.29) is 23.7 Å². The summed E-state index contributed by atoms with van der Waals surface area (Å²) in [4.78, 5) is 25.7. The van der Waals surface area contributed by atoms with Gasteiger partial charge >= 0.3 is 0 Å². The van der Waals surface area contributed by atoms with E-state index in [1.165, 1.54) is 4.90 Å². The third kappa shape index (κ3) is 3.54. The molecule has 6 heteroatoms. The zero-order valence-corrected chi connectivity index (χ0v) is 13.2. The fourth-order valence-corrected chi connectivity index (χ4v) is 2.56. The second-order valence-electron chi connectivity index (χ2n) is 5.63. The Kier molecular flexibility index (Phi) is 4.85. The standard InChI is InChI=1S/C15H20ClN3O2/c1-9-7-17-8-11(9)14(20)18-13-6-10(4-5-12(13)16)15(21)19(2)3/h4-6,9,11,17H,7-8H2,1-3H3,(H,18,20)/t9-,11-/m1/s1. The van der Waals surface area contributed by atoms with E-state index >= 15 is 0 Å². The predicted octanol–water partition coefficient (Wildman–Crippen LogP) is 1.84. The van der Waals surface area contributed by atoms with Gasteiger partial charge in [-0.05, 0) is 30.7 Å². The third-order valence-electron chi connectivity index (χ3n) is 3.73. The Balaban J connectivity index is 2.17. The molecule has 2 rings (SSSR count). The van der Waals surface area contributed by atoms with Crippen LogP contribution in [0.15, 0.2) is 18.2 Å². The Hall–Kier alpha value is -1.59. The van der Waals surface area contributed by atoms with Crippen molar-refractivity contribution in [3.05, 3.63) is 28.8 Å². The summed E-state index contributed by atoms with van der Waals surface area (Å²) in [6.07, 6.45) is 0. The molecule has 1 heterocycles. The number of anilines is 1. The first-order valence-electron chi connectivity index (χ1n) is 6.93. The summed E-state index contributed by atoms with van der Waals surface area (Å²) in [5.74, 6) is 0.0200. The molecule has 0 radical (unpaired) electrons. The maximum atomic E-state index is 12.3. The molecule has 0 aromatic heterocycles. The summed E-state index contributed by atoms with van der Waals surface area (Å²) < 4.78 is 0. The zero-order valence-electron chi connectivity index (χ0n) is 12.4. The molecule has 5 nitrogen and oxygen atoms in total. The molecule has 1 aliphatic rings. The average molecular weight is 310 g/mol. The van der Waals surface area contributed by atoms with E-state index in [9.17, 15) is 9.59 Å². The number of halogens is 1. The summed E-state index contributed by atoms with van der Waals surface area (Å²) in [5.41, 5.74) is 0.978. The van der Waals surface area contributed by atoms with E-state index in [0.717, 1.165) is 6.54 Å². The molecule has 2 N–H and O–H groups in total. The second kappa shape index (κ2) is 6.45. The van der Waals surface area contributed by atoms with Crippen LogP contribution < -0.4 is 10.6 Å². The first-order valence-corrected chi connectivity index (χ1v) is 7.30. The van der Waals surface area contributed by atoms with Gasteiger partial charge in [0.2, 0.25) is 5.91 Å². The quantitative estimate of drug-likeness (QED) is 0.895. The van der Waals surface area contributed by atoms with Crippen molar-refractivity contribution in [2.45, 2.75) is 6.92 Å². The Labute approximate surface area is 129 Å². The maximum Gasteiger partial charge on any atom is 0.253 e. The molecule has 0 aliphatic carbocycles. The molecule has 1 aromatic carbocycles. The molecule has 1 aliphatic heterocycles. The van der Waals surface area contributed by atoms with E-state index < -0.39 is 0 Å². The van der Waals surface area contributed by atoms with Gasteiger partial charge in [-0.2, -0.15) is 0 Å². The summed E-state index contributed by atoms with van der Waals surface area (Å²) in [6.45, 7) is 3.55. The summed E-state index contributed by atoms with van der Waals surface area (Å²) in [7, 11) is 3.36. The topological polar surface area (TPSA) is 61.4 Å². The van der Waals surface area contributed by atoms with Gasteiger partial charge in [-0.1, -0.05) is 18.5 Å². The van der Waals surface area contributed by atoms with Gasteiger partial charge in [-0.15, -0.1) is 0 Å². The lowest BCUT2D eigenvalue weighted by Crippen LogP contribution is -2.28. The van der Waals surface area contributed by atoms with Crippen LogP contribution >= 0.6 is 11.6 Å². The highest BCUT2D eigenvalue weighted by Crippen LogP contribution is 2.25. The fourth-order valence-electron chi connectivity index (χ4n) is 2.40. The predicted molar refractivity (Wildman–Crippen MR) is 83.6 cm³/mol. The molecule has 1 aromatic rings. The van der Waals surface area contributed by atoms with Crippen LogP contribution in [0.2, 0.25) is 5.02 Å². The highest BCUT2D eigenvalue weighted by atomic mass is 35.5. The molecule has 0 unspecified atom stereocenters.